The minimum atomic E-state index is -0.655. The first kappa shape index (κ1) is 15.5. The molecule has 1 rings (SSSR count). The van der Waals surface area contributed by atoms with Gasteiger partial charge in [-0.1, -0.05) is 5.01 Å². The van der Waals surface area contributed by atoms with E-state index in [1.165, 1.54) is 13.1 Å². The number of ether oxygens (including phenoxy) is 1. The van der Waals surface area contributed by atoms with Crippen molar-refractivity contribution in [3.8, 4) is 0 Å². The number of aromatic nitrogens is 1. The van der Waals surface area contributed by atoms with E-state index in [0.717, 1.165) is 5.01 Å². The van der Waals surface area contributed by atoms with Crippen LogP contribution in [0.5, 0.6) is 0 Å². The van der Waals surface area contributed by atoms with Crippen molar-refractivity contribution in [2.24, 2.45) is 0 Å². The van der Waals surface area contributed by atoms with Crippen LogP contribution in [0.2, 0.25) is 0 Å². The molecule has 0 unspecified atom stereocenters. The van der Waals surface area contributed by atoms with E-state index in [1.807, 2.05) is 0 Å². The molecule has 0 bridgehead atoms. The molecule has 0 aliphatic heterocycles. The van der Waals surface area contributed by atoms with Gasteiger partial charge < -0.3 is 4.74 Å². The van der Waals surface area contributed by atoms with E-state index in [1.54, 1.807) is 18.3 Å². The molecule has 0 aromatic carbocycles. The third-order valence-corrected chi connectivity index (χ3v) is 2.45. The van der Waals surface area contributed by atoms with Gasteiger partial charge in [0.2, 0.25) is 6.73 Å². The standard InChI is InChI=1S/C12H15N3O5/c1-10(16)20-9-14(15(18)19)7-3-5-12(17)11-4-2-6-13-8-11/h2,4,6,8H,3,5,7,9H2,1H3. The van der Waals surface area contributed by atoms with Crippen molar-refractivity contribution in [3.05, 3.63) is 40.2 Å². The second-order valence-corrected chi connectivity index (χ2v) is 4.00. The fraction of sp³-hybridized carbons (Fsp3) is 0.417. The van der Waals surface area contributed by atoms with Crippen LogP contribution in [-0.4, -0.2) is 40.1 Å². The first-order chi connectivity index (χ1) is 9.50. The number of esters is 1. The predicted octanol–water partition coefficient (Wildman–Crippen LogP) is 1.06. The normalized spacial score (nSPS) is 9.85. The molecule has 20 heavy (non-hydrogen) atoms. The Morgan fingerprint density at radius 2 is 2.25 bits per heavy atom. The molecular formula is C12H15N3O5. The molecule has 1 aromatic heterocycles. The number of carbonyl (C=O) groups is 2. The molecule has 0 N–H and O–H groups in total. The topological polar surface area (TPSA) is 103 Å². The quantitative estimate of drug-likeness (QED) is 0.231. The highest BCUT2D eigenvalue weighted by Crippen LogP contribution is 2.05. The number of hydrazine groups is 1. The zero-order chi connectivity index (χ0) is 15.0. The highest BCUT2D eigenvalue weighted by Gasteiger charge is 2.16. The second kappa shape index (κ2) is 7.82. The van der Waals surface area contributed by atoms with Crippen LogP contribution in [0.4, 0.5) is 0 Å². The Labute approximate surface area is 115 Å². The number of hydrogen-bond acceptors (Lipinski definition) is 6. The summed E-state index contributed by atoms with van der Waals surface area (Å²) in [4.78, 5) is 36.9. The van der Waals surface area contributed by atoms with E-state index >= 15 is 0 Å². The molecule has 0 atom stereocenters. The van der Waals surface area contributed by atoms with E-state index in [0.29, 0.717) is 5.56 Å². The maximum Gasteiger partial charge on any atom is 0.304 e. The molecule has 0 saturated carbocycles. The fourth-order valence-electron chi connectivity index (χ4n) is 1.45. The van der Waals surface area contributed by atoms with Gasteiger partial charge in [-0.05, 0) is 18.6 Å². The maximum atomic E-state index is 11.7. The average molecular weight is 281 g/mol. The number of Topliss-reactive ketones (excluding diaryl/α,β-unsaturated/α-hetero) is 1. The van der Waals surface area contributed by atoms with Crippen molar-refractivity contribution in [2.75, 3.05) is 13.3 Å². The van der Waals surface area contributed by atoms with Gasteiger partial charge in [0.1, 0.15) is 0 Å². The molecule has 0 aliphatic carbocycles. The number of nitro groups is 1. The summed E-state index contributed by atoms with van der Waals surface area (Å²) in [5.74, 6) is -0.725. The second-order valence-electron chi connectivity index (χ2n) is 4.00. The zero-order valence-electron chi connectivity index (χ0n) is 11.0. The van der Waals surface area contributed by atoms with Crippen molar-refractivity contribution in [2.45, 2.75) is 19.8 Å². The summed E-state index contributed by atoms with van der Waals surface area (Å²) in [5.41, 5.74) is 0.472. The Morgan fingerprint density at radius 1 is 1.50 bits per heavy atom. The number of hydrogen-bond donors (Lipinski definition) is 0. The lowest BCUT2D eigenvalue weighted by atomic mass is 10.1. The van der Waals surface area contributed by atoms with Gasteiger partial charge in [0.05, 0.1) is 6.54 Å². The summed E-state index contributed by atoms with van der Waals surface area (Å²) in [6.07, 6.45) is 3.46. The van der Waals surface area contributed by atoms with Crippen molar-refractivity contribution >= 4 is 11.8 Å². The van der Waals surface area contributed by atoms with E-state index in [9.17, 15) is 19.7 Å². The molecule has 0 saturated heterocycles. The third kappa shape index (κ3) is 5.42. The van der Waals surface area contributed by atoms with Crippen LogP contribution in [0.3, 0.4) is 0 Å². The average Bonchev–Trinajstić information content (AvgIpc) is 2.42. The molecule has 0 fully saturated rings. The van der Waals surface area contributed by atoms with Crippen molar-refractivity contribution in [1.29, 1.82) is 0 Å². The summed E-state index contributed by atoms with van der Waals surface area (Å²) >= 11 is 0. The SMILES string of the molecule is CC(=O)OCN(CCCC(=O)c1cccnc1)[N+](=O)[O-]. The van der Waals surface area contributed by atoms with Gasteiger partial charge in [-0.3, -0.25) is 14.6 Å². The van der Waals surface area contributed by atoms with Crippen LogP contribution in [-0.2, 0) is 9.53 Å². The van der Waals surface area contributed by atoms with Gasteiger partial charge in [-0.15, -0.1) is 0 Å². The minimum absolute atomic E-state index is 0.0201. The van der Waals surface area contributed by atoms with Crippen LogP contribution >= 0.6 is 0 Å². The van der Waals surface area contributed by atoms with Crippen LogP contribution in [0.1, 0.15) is 30.1 Å². The van der Waals surface area contributed by atoms with Crippen LogP contribution in [0.25, 0.3) is 0 Å². The predicted molar refractivity (Wildman–Crippen MR) is 68.1 cm³/mol. The molecule has 1 heterocycles. The Kier molecular flexibility index (Phi) is 6.08. The van der Waals surface area contributed by atoms with Crippen LogP contribution in [0, 0.1) is 10.1 Å². The number of ketones is 1. The van der Waals surface area contributed by atoms with Gasteiger partial charge in [-0.2, -0.15) is 0 Å². The smallest absolute Gasteiger partial charge is 0.304 e. The van der Waals surface area contributed by atoms with E-state index in [4.69, 9.17) is 0 Å². The minimum Gasteiger partial charge on any atom is -0.439 e. The van der Waals surface area contributed by atoms with Crippen molar-refractivity contribution < 1.29 is 19.4 Å². The summed E-state index contributed by atoms with van der Waals surface area (Å²) < 4.78 is 4.56. The van der Waals surface area contributed by atoms with E-state index < -0.39 is 17.7 Å². The molecule has 8 nitrogen and oxygen atoms in total. The van der Waals surface area contributed by atoms with Gasteiger partial charge in [0.25, 0.3) is 0 Å². The van der Waals surface area contributed by atoms with Gasteiger partial charge in [0, 0.05) is 31.3 Å². The largest absolute Gasteiger partial charge is 0.439 e. The highest BCUT2D eigenvalue weighted by molar-refractivity contribution is 5.95. The third-order valence-electron chi connectivity index (χ3n) is 2.45. The number of nitrogens with zero attached hydrogens (tertiary/aromatic N) is 3. The number of pyridine rings is 1. The lowest BCUT2D eigenvalue weighted by molar-refractivity contribution is -0.662. The Balaban J connectivity index is 2.39. The van der Waals surface area contributed by atoms with Gasteiger partial charge in [0.15, 0.2) is 10.8 Å². The summed E-state index contributed by atoms with van der Waals surface area (Å²) in [6, 6.07) is 3.29. The Morgan fingerprint density at radius 3 is 2.80 bits per heavy atom. The first-order valence-corrected chi connectivity index (χ1v) is 5.96. The van der Waals surface area contributed by atoms with Crippen molar-refractivity contribution in [3.63, 3.8) is 0 Å². The first-order valence-electron chi connectivity index (χ1n) is 5.96. The summed E-state index contributed by atoms with van der Waals surface area (Å²) in [5, 5.41) is 10.8. The molecular weight excluding hydrogens is 266 g/mol. The van der Waals surface area contributed by atoms with Crippen LogP contribution < -0.4 is 0 Å². The molecule has 1 aromatic rings. The molecule has 108 valence electrons. The van der Waals surface area contributed by atoms with Gasteiger partial charge in [-0.25, -0.2) is 10.1 Å². The molecule has 0 spiro atoms. The number of rotatable bonds is 8. The molecule has 0 amide bonds. The van der Waals surface area contributed by atoms with Crippen molar-refractivity contribution in [1.82, 2.24) is 9.99 Å². The van der Waals surface area contributed by atoms with Gasteiger partial charge >= 0.3 is 5.97 Å². The Hall–Kier alpha value is -2.51. The number of carbonyl (C=O) groups excluding carboxylic acids is 2. The monoisotopic (exact) mass is 281 g/mol. The van der Waals surface area contributed by atoms with E-state index in [-0.39, 0.29) is 25.2 Å². The lowest BCUT2D eigenvalue weighted by Gasteiger charge is -2.13. The fourth-order valence-corrected chi connectivity index (χ4v) is 1.45. The summed E-state index contributed by atoms with van der Waals surface area (Å²) in [7, 11) is 0. The molecule has 8 heteroatoms. The Bertz CT molecular complexity index is 477. The molecule has 0 radical (unpaired) electrons. The molecule has 0 aliphatic rings. The summed E-state index contributed by atoms with van der Waals surface area (Å²) in [6.45, 7) is 0.764. The highest BCUT2D eigenvalue weighted by atomic mass is 16.7. The maximum absolute atomic E-state index is 11.7. The van der Waals surface area contributed by atoms with Crippen LogP contribution in [0.15, 0.2) is 24.5 Å². The lowest BCUT2D eigenvalue weighted by Crippen LogP contribution is -2.34. The van der Waals surface area contributed by atoms with E-state index in [2.05, 4.69) is 9.72 Å². The zero-order valence-corrected chi connectivity index (χ0v) is 11.0.